The average Bonchev–Trinajstić information content (AvgIpc) is 2.71. The van der Waals surface area contributed by atoms with Crippen LogP contribution in [0.15, 0.2) is 30.3 Å². The first-order valence-electron chi connectivity index (χ1n) is 5.39. The Balaban J connectivity index is 2.28. The molecule has 1 fully saturated rings. The first-order valence-corrected chi connectivity index (χ1v) is 5.39. The van der Waals surface area contributed by atoms with E-state index in [1.54, 1.807) is 0 Å². The molecule has 2 atom stereocenters. The van der Waals surface area contributed by atoms with Gasteiger partial charge in [-0.2, -0.15) is 0 Å². The van der Waals surface area contributed by atoms with E-state index < -0.39 is 11.9 Å². The molecule has 1 unspecified atom stereocenters. The zero-order valence-electron chi connectivity index (χ0n) is 9.18. The van der Waals surface area contributed by atoms with Crippen LogP contribution in [0, 0.1) is 5.92 Å². The van der Waals surface area contributed by atoms with Gasteiger partial charge >= 0.3 is 5.97 Å². The molecule has 0 bridgehead atoms. The quantitative estimate of drug-likeness (QED) is 0.562. The Kier molecular flexibility index (Phi) is 3.04. The minimum Gasteiger partial charge on any atom is -0.468 e. The van der Waals surface area contributed by atoms with Gasteiger partial charge < -0.3 is 4.74 Å². The third kappa shape index (κ3) is 1.85. The van der Waals surface area contributed by atoms with Crippen molar-refractivity contribution in [1.82, 2.24) is 0 Å². The number of methoxy groups -OCH3 is 1. The molecular weight excluding hydrogens is 204 g/mol. The summed E-state index contributed by atoms with van der Waals surface area (Å²) in [6.07, 6.45) is 1.21. The van der Waals surface area contributed by atoms with Crippen LogP contribution in [-0.2, 0) is 14.3 Å². The fourth-order valence-corrected chi connectivity index (χ4v) is 2.33. The SMILES string of the molecule is COC(=O)C1C(=O)CC[C@@H]1c1ccccc1. The van der Waals surface area contributed by atoms with Gasteiger partial charge in [0.05, 0.1) is 7.11 Å². The van der Waals surface area contributed by atoms with E-state index in [1.807, 2.05) is 30.3 Å². The van der Waals surface area contributed by atoms with E-state index in [-0.39, 0.29) is 11.7 Å². The van der Waals surface area contributed by atoms with Crippen molar-refractivity contribution in [3.63, 3.8) is 0 Å². The van der Waals surface area contributed by atoms with E-state index in [0.29, 0.717) is 6.42 Å². The molecule has 0 N–H and O–H groups in total. The fourth-order valence-electron chi connectivity index (χ4n) is 2.33. The summed E-state index contributed by atoms with van der Waals surface area (Å²) in [5.41, 5.74) is 1.05. The highest BCUT2D eigenvalue weighted by atomic mass is 16.5. The monoisotopic (exact) mass is 218 g/mol. The number of ketones is 1. The Morgan fingerprint density at radius 2 is 2.00 bits per heavy atom. The van der Waals surface area contributed by atoms with E-state index in [0.717, 1.165) is 12.0 Å². The topological polar surface area (TPSA) is 43.4 Å². The van der Waals surface area contributed by atoms with Crippen LogP contribution in [0.5, 0.6) is 0 Å². The van der Waals surface area contributed by atoms with Gasteiger partial charge in [-0.05, 0) is 12.0 Å². The van der Waals surface area contributed by atoms with Crippen LogP contribution in [0.25, 0.3) is 0 Å². The minimum absolute atomic E-state index is 0.000651. The predicted molar refractivity (Wildman–Crippen MR) is 58.9 cm³/mol. The molecule has 3 nitrogen and oxygen atoms in total. The largest absolute Gasteiger partial charge is 0.468 e. The number of rotatable bonds is 2. The van der Waals surface area contributed by atoms with Gasteiger partial charge in [0.15, 0.2) is 0 Å². The molecule has 1 aliphatic rings. The van der Waals surface area contributed by atoms with E-state index >= 15 is 0 Å². The molecule has 0 aromatic heterocycles. The molecule has 3 heteroatoms. The lowest BCUT2D eigenvalue weighted by molar-refractivity contribution is -0.148. The molecule has 16 heavy (non-hydrogen) atoms. The summed E-state index contributed by atoms with van der Waals surface area (Å²) in [6.45, 7) is 0. The van der Waals surface area contributed by atoms with Crippen molar-refractivity contribution in [3.8, 4) is 0 Å². The number of carbonyl (C=O) groups excluding carboxylic acids is 2. The normalized spacial score (nSPS) is 24.4. The van der Waals surface area contributed by atoms with Crippen molar-refractivity contribution in [3.05, 3.63) is 35.9 Å². The smallest absolute Gasteiger partial charge is 0.316 e. The van der Waals surface area contributed by atoms with Crippen LogP contribution in [0.3, 0.4) is 0 Å². The zero-order chi connectivity index (χ0) is 11.5. The maximum absolute atomic E-state index is 11.7. The van der Waals surface area contributed by atoms with E-state index in [2.05, 4.69) is 0 Å². The van der Waals surface area contributed by atoms with Gasteiger partial charge in [-0.15, -0.1) is 0 Å². The van der Waals surface area contributed by atoms with E-state index in [9.17, 15) is 9.59 Å². The van der Waals surface area contributed by atoms with Crippen molar-refractivity contribution in [2.45, 2.75) is 18.8 Å². The predicted octanol–water partition coefficient (Wildman–Crippen LogP) is 1.92. The molecular formula is C13H14O3. The summed E-state index contributed by atoms with van der Waals surface area (Å²) in [5, 5.41) is 0. The molecule has 2 rings (SSSR count). The van der Waals surface area contributed by atoms with Crippen LogP contribution in [-0.4, -0.2) is 18.9 Å². The molecule has 1 saturated carbocycles. The Morgan fingerprint density at radius 1 is 1.31 bits per heavy atom. The number of hydrogen-bond acceptors (Lipinski definition) is 3. The Bertz CT molecular complexity index is 397. The van der Waals surface area contributed by atoms with Gasteiger partial charge in [0.1, 0.15) is 11.7 Å². The maximum Gasteiger partial charge on any atom is 0.316 e. The molecule has 0 heterocycles. The number of hydrogen-bond donors (Lipinski definition) is 0. The van der Waals surface area contributed by atoms with Crippen molar-refractivity contribution in [2.75, 3.05) is 7.11 Å². The molecule has 0 spiro atoms. The summed E-state index contributed by atoms with van der Waals surface area (Å²) < 4.78 is 4.70. The van der Waals surface area contributed by atoms with Gasteiger partial charge in [0.25, 0.3) is 0 Å². The highest BCUT2D eigenvalue weighted by molar-refractivity contribution is 6.01. The van der Waals surface area contributed by atoms with E-state index in [4.69, 9.17) is 4.74 Å². The second-order valence-corrected chi connectivity index (χ2v) is 4.02. The van der Waals surface area contributed by atoms with E-state index in [1.165, 1.54) is 7.11 Å². The molecule has 1 aromatic rings. The molecule has 1 aromatic carbocycles. The van der Waals surface area contributed by atoms with Gasteiger partial charge in [0.2, 0.25) is 0 Å². The summed E-state index contributed by atoms with van der Waals surface area (Å²) >= 11 is 0. The van der Waals surface area contributed by atoms with Gasteiger partial charge in [-0.3, -0.25) is 9.59 Å². The first kappa shape index (κ1) is 10.9. The van der Waals surface area contributed by atoms with Crippen LogP contribution in [0.4, 0.5) is 0 Å². The van der Waals surface area contributed by atoms with Crippen molar-refractivity contribution in [1.29, 1.82) is 0 Å². The third-order valence-electron chi connectivity index (χ3n) is 3.13. The van der Waals surface area contributed by atoms with Crippen molar-refractivity contribution >= 4 is 11.8 Å². The number of benzene rings is 1. The van der Waals surface area contributed by atoms with Crippen LogP contribution >= 0.6 is 0 Å². The highest BCUT2D eigenvalue weighted by Crippen LogP contribution is 2.37. The second-order valence-electron chi connectivity index (χ2n) is 4.02. The molecule has 0 radical (unpaired) electrons. The fraction of sp³-hybridized carbons (Fsp3) is 0.385. The molecule has 84 valence electrons. The lowest BCUT2D eigenvalue weighted by atomic mass is 9.89. The summed E-state index contributed by atoms with van der Waals surface area (Å²) in [6, 6.07) is 9.69. The first-order chi connectivity index (χ1) is 7.74. The zero-order valence-corrected chi connectivity index (χ0v) is 9.18. The minimum atomic E-state index is -0.604. The summed E-state index contributed by atoms with van der Waals surface area (Å²) in [4.78, 5) is 23.2. The summed E-state index contributed by atoms with van der Waals surface area (Å²) in [5.74, 6) is -1.02. The Morgan fingerprint density at radius 3 is 2.62 bits per heavy atom. The van der Waals surface area contributed by atoms with Crippen LogP contribution in [0.1, 0.15) is 24.3 Å². The van der Waals surface area contributed by atoms with Gasteiger partial charge in [0, 0.05) is 12.3 Å². The average molecular weight is 218 g/mol. The number of esters is 1. The second kappa shape index (κ2) is 4.47. The molecule has 0 amide bonds. The third-order valence-corrected chi connectivity index (χ3v) is 3.13. The van der Waals surface area contributed by atoms with Crippen LogP contribution in [0.2, 0.25) is 0 Å². The Labute approximate surface area is 94.4 Å². The molecule has 0 saturated heterocycles. The van der Waals surface area contributed by atoms with Crippen molar-refractivity contribution in [2.24, 2.45) is 5.92 Å². The summed E-state index contributed by atoms with van der Waals surface area (Å²) in [7, 11) is 1.33. The number of carbonyl (C=O) groups is 2. The lowest BCUT2D eigenvalue weighted by Gasteiger charge is -2.16. The lowest BCUT2D eigenvalue weighted by Crippen LogP contribution is -2.25. The molecule has 1 aliphatic carbocycles. The molecule has 0 aliphatic heterocycles. The highest BCUT2D eigenvalue weighted by Gasteiger charge is 2.41. The maximum atomic E-state index is 11.7. The standard InChI is InChI=1S/C13H14O3/c1-16-13(15)12-10(7-8-11(12)14)9-5-3-2-4-6-9/h2-6,10,12H,7-8H2,1H3/t10-,12?/m1/s1. The van der Waals surface area contributed by atoms with Crippen molar-refractivity contribution < 1.29 is 14.3 Å². The Hall–Kier alpha value is -1.64. The number of ether oxygens (including phenoxy) is 1. The number of Topliss-reactive ketones (excluding diaryl/α,β-unsaturated/α-hetero) is 1. The van der Waals surface area contributed by atoms with Crippen LogP contribution < -0.4 is 0 Å². The van der Waals surface area contributed by atoms with Gasteiger partial charge in [-0.25, -0.2) is 0 Å². The van der Waals surface area contributed by atoms with Gasteiger partial charge in [-0.1, -0.05) is 30.3 Å².